The maximum Gasteiger partial charge on any atom is 0.0768 e. The molecule has 0 atom stereocenters. The van der Waals surface area contributed by atoms with Crippen molar-refractivity contribution >= 4 is 0 Å². The fourth-order valence-electron chi connectivity index (χ4n) is 1.16. The zero-order valence-corrected chi connectivity index (χ0v) is 8.90. The number of rotatable bonds is 6. The lowest BCUT2D eigenvalue weighted by molar-refractivity contribution is 0.394. The van der Waals surface area contributed by atoms with Gasteiger partial charge in [0.05, 0.1) is 5.69 Å². The highest BCUT2D eigenvalue weighted by Gasteiger charge is 1.93. The largest absolute Gasteiger partial charge is 0.311 e. The molecule has 0 spiro atoms. The Morgan fingerprint density at radius 1 is 1.43 bits per heavy atom. The predicted octanol–water partition coefficient (Wildman–Crippen LogP) is 0.518. The molecule has 0 radical (unpaired) electrons. The summed E-state index contributed by atoms with van der Waals surface area (Å²) in [6, 6.07) is 3.88. The average Bonchev–Trinajstić information content (AvgIpc) is 2.18. The van der Waals surface area contributed by atoms with E-state index in [1.165, 1.54) is 0 Å². The van der Waals surface area contributed by atoms with Gasteiger partial charge in [-0.3, -0.25) is 0 Å². The minimum atomic E-state index is 0.807. The number of hydrogen-bond donors (Lipinski definition) is 1. The van der Waals surface area contributed by atoms with Gasteiger partial charge in [0.1, 0.15) is 0 Å². The number of aromatic nitrogens is 2. The highest BCUT2D eigenvalue weighted by atomic mass is 15.1. The summed E-state index contributed by atoms with van der Waals surface area (Å²) in [7, 11) is 4.17. The fourth-order valence-corrected chi connectivity index (χ4v) is 1.16. The van der Waals surface area contributed by atoms with E-state index in [1.807, 2.05) is 12.1 Å². The first kappa shape index (κ1) is 11.1. The lowest BCUT2D eigenvalue weighted by Gasteiger charge is -2.09. The summed E-state index contributed by atoms with van der Waals surface area (Å²) in [5, 5.41) is 11.1. The standard InChI is InChI=1S/C10H18N4/c1-14(2)8-4-6-11-9-10-5-3-7-12-13-10/h3,5,7,11H,4,6,8-9H2,1-2H3. The number of hydrogen-bond acceptors (Lipinski definition) is 4. The van der Waals surface area contributed by atoms with E-state index in [0.717, 1.165) is 31.7 Å². The molecule has 4 nitrogen and oxygen atoms in total. The van der Waals surface area contributed by atoms with Crippen LogP contribution in [0.2, 0.25) is 0 Å². The lowest BCUT2D eigenvalue weighted by atomic mass is 10.3. The van der Waals surface area contributed by atoms with Crippen LogP contribution in [0.5, 0.6) is 0 Å². The predicted molar refractivity (Wildman–Crippen MR) is 56.9 cm³/mol. The average molecular weight is 194 g/mol. The van der Waals surface area contributed by atoms with E-state index in [4.69, 9.17) is 0 Å². The molecular formula is C10H18N4. The molecule has 0 aliphatic heterocycles. The Morgan fingerprint density at radius 2 is 2.29 bits per heavy atom. The molecule has 0 aromatic carbocycles. The molecular weight excluding hydrogens is 176 g/mol. The van der Waals surface area contributed by atoms with Crippen molar-refractivity contribution in [2.45, 2.75) is 13.0 Å². The number of nitrogens with one attached hydrogen (secondary N) is 1. The summed E-state index contributed by atoms with van der Waals surface area (Å²) in [6.07, 6.45) is 2.85. The Kier molecular flexibility index (Phi) is 5.11. The summed E-state index contributed by atoms with van der Waals surface area (Å²) in [5.74, 6) is 0. The third-order valence-corrected chi connectivity index (χ3v) is 1.89. The van der Waals surface area contributed by atoms with E-state index in [1.54, 1.807) is 6.20 Å². The molecule has 0 aliphatic rings. The molecule has 78 valence electrons. The van der Waals surface area contributed by atoms with Crippen LogP contribution in [-0.2, 0) is 6.54 Å². The number of nitrogens with zero attached hydrogens (tertiary/aromatic N) is 3. The van der Waals surface area contributed by atoms with Crippen LogP contribution in [-0.4, -0.2) is 42.3 Å². The van der Waals surface area contributed by atoms with Gasteiger partial charge in [-0.2, -0.15) is 10.2 Å². The van der Waals surface area contributed by atoms with E-state index in [-0.39, 0.29) is 0 Å². The summed E-state index contributed by atoms with van der Waals surface area (Å²) in [4.78, 5) is 2.18. The van der Waals surface area contributed by atoms with Crippen molar-refractivity contribution in [3.05, 3.63) is 24.0 Å². The van der Waals surface area contributed by atoms with Crippen molar-refractivity contribution in [1.82, 2.24) is 20.4 Å². The first-order valence-corrected chi connectivity index (χ1v) is 4.91. The second-order valence-electron chi connectivity index (χ2n) is 3.55. The summed E-state index contributed by atoms with van der Waals surface area (Å²) >= 11 is 0. The molecule has 0 bridgehead atoms. The highest BCUT2D eigenvalue weighted by molar-refractivity contribution is 4.98. The quantitative estimate of drug-likeness (QED) is 0.670. The Hall–Kier alpha value is -1.00. The monoisotopic (exact) mass is 194 g/mol. The third-order valence-electron chi connectivity index (χ3n) is 1.89. The zero-order chi connectivity index (χ0) is 10.2. The maximum absolute atomic E-state index is 3.99. The molecule has 0 saturated carbocycles. The van der Waals surface area contributed by atoms with E-state index in [0.29, 0.717) is 0 Å². The molecule has 0 unspecified atom stereocenters. The second-order valence-corrected chi connectivity index (χ2v) is 3.55. The third kappa shape index (κ3) is 4.89. The lowest BCUT2D eigenvalue weighted by Crippen LogP contribution is -2.21. The van der Waals surface area contributed by atoms with Crippen LogP contribution in [0.15, 0.2) is 18.3 Å². The smallest absolute Gasteiger partial charge is 0.0768 e. The summed E-state index contributed by atoms with van der Waals surface area (Å²) < 4.78 is 0. The van der Waals surface area contributed by atoms with Crippen molar-refractivity contribution in [3.63, 3.8) is 0 Å². The highest BCUT2D eigenvalue weighted by Crippen LogP contribution is 1.89. The van der Waals surface area contributed by atoms with Crippen LogP contribution in [0.1, 0.15) is 12.1 Å². The van der Waals surface area contributed by atoms with Crippen LogP contribution in [0.4, 0.5) is 0 Å². The maximum atomic E-state index is 3.99. The summed E-state index contributed by atoms with van der Waals surface area (Å²) in [6.45, 7) is 2.95. The molecule has 1 aromatic rings. The van der Waals surface area contributed by atoms with Gasteiger partial charge in [-0.1, -0.05) is 0 Å². The second kappa shape index (κ2) is 6.45. The molecule has 0 saturated heterocycles. The molecule has 14 heavy (non-hydrogen) atoms. The molecule has 1 rings (SSSR count). The van der Waals surface area contributed by atoms with Gasteiger partial charge < -0.3 is 10.2 Å². The van der Waals surface area contributed by atoms with Crippen LogP contribution in [0.3, 0.4) is 0 Å². The molecule has 0 fully saturated rings. The van der Waals surface area contributed by atoms with Gasteiger partial charge in [-0.15, -0.1) is 0 Å². The summed E-state index contributed by atoms with van der Waals surface area (Å²) in [5.41, 5.74) is 0.998. The topological polar surface area (TPSA) is 41.0 Å². The van der Waals surface area contributed by atoms with E-state index >= 15 is 0 Å². The van der Waals surface area contributed by atoms with Crippen LogP contribution in [0.25, 0.3) is 0 Å². The van der Waals surface area contributed by atoms with E-state index in [2.05, 4.69) is 34.5 Å². The molecule has 0 amide bonds. The van der Waals surface area contributed by atoms with Gasteiger partial charge in [0.2, 0.25) is 0 Å². The fraction of sp³-hybridized carbons (Fsp3) is 0.600. The first-order valence-electron chi connectivity index (χ1n) is 4.91. The van der Waals surface area contributed by atoms with Gasteiger partial charge in [0.15, 0.2) is 0 Å². The minimum Gasteiger partial charge on any atom is -0.311 e. The molecule has 4 heteroatoms. The van der Waals surface area contributed by atoms with Crippen molar-refractivity contribution in [2.24, 2.45) is 0 Å². The van der Waals surface area contributed by atoms with Crippen LogP contribution in [0, 0.1) is 0 Å². The van der Waals surface area contributed by atoms with Crippen molar-refractivity contribution < 1.29 is 0 Å². The van der Waals surface area contributed by atoms with E-state index in [9.17, 15) is 0 Å². The van der Waals surface area contributed by atoms with Gasteiger partial charge >= 0.3 is 0 Å². The van der Waals surface area contributed by atoms with Gasteiger partial charge in [-0.05, 0) is 45.7 Å². The Balaban J connectivity index is 2.05. The Bertz CT molecular complexity index is 235. The van der Waals surface area contributed by atoms with Crippen LogP contribution < -0.4 is 5.32 Å². The van der Waals surface area contributed by atoms with Crippen LogP contribution >= 0.6 is 0 Å². The SMILES string of the molecule is CN(C)CCCNCc1cccnn1. The molecule has 0 aliphatic carbocycles. The minimum absolute atomic E-state index is 0.807. The Morgan fingerprint density at radius 3 is 2.93 bits per heavy atom. The molecule has 1 heterocycles. The van der Waals surface area contributed by atoms with Gasteiger partial charge in [0, 0.05) is 12.7 Å². The van der Waals surface area contributed by atoms with Gasteiger partial charge in [0.25, 0.3) is 0 Å². The normalized spacial score (nSPS) is 10.8. The van der Waals surface area contributed by atoms with E-state index < -0.39 is 0 Å². The zero-order valence-electron chi connectivity index (χ0n) is 8.90. The van der Waals surface area contributed by atoms with Crippen molar-refractivity contribution in [3.8, 4) is 0 Å². The first-order chi connectivity index (χ1) is 6.79. The van der Waals surface area contributed by atoms with Crippen molar-refractivity contribution in [1.29, 1.82) is 0 Å². The van der Waals surface area contributed by atoms with Crippen molar-refractivity contribution in [2.75, 3.05) is 27.2 Å². The molecule has 1 aromatic heterocycles. The van der Waals surface area contributed by atoms with Gasteiger partial charge in [-0.25, -0.2) is 0 Å². The molecule has 1 N–H and O–H groups in total. The Labute approximate surface area is 85.3 Å².